The summed E-state index contributed by atoms with van der Waals surface area (Å²) >= 11 is 0. The topological polar surface area (TPSA) is 64.9 Å². The van der Waals surface area contributed by atoms with Crippen LogP contribution in [0.25, 0.3) is 0 Å². The molecule has 0 saturated heterocycles. The van der Waals surface area contributed by atoms with E-state index < -0.39 is 0 Å². The molecule has 1 aliphatic rings. The molecule has 0 amide bonds. The Morgan fingerprint density at radius 1 is 1.62 bits per heavy atom. The minimum absolute atomic E-state index is 0. The van der Waals surface area contributed by atoms with E-state index in [0.29, 0.717) is 17.6 Å². The molecule has 0 bridgehead atoms. The number of rotatable bonds is 3. The molecule has 13 heavy (non-hydrogen) atoms. The maximum atomic E-state index is 5.88. The van der Waals surface area contributed by atoms with Crippen LogP contribution in [0, 0.1) is 5.92 Å². The van der Waals surface area contributed by atoms with Crippen molar-refractivity contribution in [2.24, 2.45) is 11.7 Å². The third-order valence-electron chi connectivity index (χ3n) is 2.21. The van der Waals surface area contributed by atoms with Gasteiger partial charge in [0, 0.05) is 6.42 Å². The minimum Gasteiger partial charge on any atom is -0.339 e. The summed E-state index contributed by atoms with van der Waals surface area (Å²) in [5.41, 5.74) is 5.88. The van der Waals surface area contributed by atoms with Gasteiger partial charge >= 0.3 is 0 Å². The lowest BCUT2D eigenvalue weighted by Crippen LogP contribution is -2.14. The van der Waals surface area contributed by atoms with E-state index in [1.165, 1.54) is 12.8 Å². The molecule has 1 aliphatic carbocycles. The molecule has 1 fully saturated rings. The van der Waals surface area contributed by atoms with Gasteiger partial charge in [0.15, 0.2) is 5.82 Å². The zero-order valence-corrected chi connectivity index (χ0v) is 8.38. The molecule has 4 nitrogen and oxygen atoms in total. The summed E-state index contributed by atoms with van der Waals surface area (Å²) in [4.78, 5) is 4.19. The Labute approximate surface area is 83.3 Å². The summed E-state index contributed by atoms with van der Waals surface area (Å²) in [5.74, 6) is 1.95. The van der Waals surface area contributed by atoms with E-state index in [1.54, 1.807) is 0 Å². The number of aromatic nitrogens is 2. The number of hydrogen-bond acceptors (Lipinski definition) is 4. The lowest BCUT2D eigenvalue weighted by molar-refractivity contribution is 0.371. The van der Waals surface area contributed by atoms with E-state index in [1.807, 2.05) is 6.92 Å². The van der Waals surface area contributed by atoms with Crippen LogP contribution < -0.4 is 5.73 Å². The quantitative estimate of drug-likeness (QED) is 0.808. The Hall–Kier alpha value is -0.610. The van der Waals surface area contributed by atoms with Crippen LogP contribution in [0.15, 0.2) is 4.52 Å². The zero-order valence-electron chi connectivity index (χ0n) is 7.56. The van der Waals surface area contributed by atoms with E-state index in [2.05, 4.69) is 10.1 Å². The van der Waals surface area contributed by atoms with Gasteiger partial charge in [-0.1, -0.05) is 12.1 Å². The van der Waals surface area contributed by atoms with E-state index >= 15 is 0 Å². The number of nitrogens with two attached hydrogens (primary N) is 1. The van der Waals surface area contributed by atoms with Crippen molar-refractivity contribution in [1.82, 2.24) is 10.1 Å². The molecular formula is C8H14ClN3O. The molecule has 0 spiro atoms. The van der Waals surface area contributed by atoms with Crippen LogP contribution in [0.5, 0.6) is 0 Å². The summed E-state index contributed by atoms with van der Waals surface area (Å²) < 4.78 is 4.97. The van der Waals surface area contributed by atoms with Gasteiger partial charge in [-0.2, -0.15) is 4.98 Å². The van der Waals surface area contributed by atoms with Crippen LogP contribution in [0.2, 0.25) is 0 Å². The van der Waals surface area contributed by atoms with E-state index in [4.69, 9.17) is 10.3 Å². The Kier molecular flexibility index (Phi) is 3.27. The fraction of sp³-hybridized carbons (Fsp3) is 0.750. The molecule has 0 aliphatic heterocycles. The van der Waals surface area contributed by atoms with Gasteiger partial charge in [0.2, 0.25) is 5.89 Å². The van der Waals surface area contributed by atoms with Crippen LogP contribution in [0.4, 0.5) is 0 Å². The molecule has 2 N–H and O–H groups in total. The molecule has 1 aromatic rings. The third kappa shape index (κ3) is 2.19. The molecule has 0 radical (unpaired) electrons. The van der Waals surface area contributed by atoms with Crippen LogP contribution in [-0.2, 0) is 6.42 Å². The smallest absolute Gasteiger partial charge is 0.226 e. The Bertz CT molecular complexity index is 272. The van der Waals surface area contributed by atoms with Gasteiger partial charge in [0.1, 0.15) is 0 Å². The monoisotopic (exact) mass is 203 g/mol. The average molecular weight is 204 g/mol. The molecule has 1 unspecified atom stereocenters. The second kappa shape index (κ2) is 4.07. The normalized spacial score (nSPS) is 18.0. The number of nitrogens with zero attached hydrogens (tertiary/aromatic N) is 2. The number of hydrogen-bond donors (Lipinski definition) is 1. The second-order valence-electron chi connectivity index (χ2n) is 3.26. The van der Waals surface area contributed by atoms with Crippen molar-refractivity contribution in [2.75, 3.05) is 0 Å². The first-order valence-electron chi connectivity index (χ1n) is 4.39. The van der Waals surface area contributed by atoms with Crippen molar-refractivity contribution in [3.63, 3.8) is 0 Å². The van der Waals surface area contributed by atoms with Gasteiger partial charge in [-0.3, -0.25) is 0 Å². The fourth-order valence-corrected chi connectivity index (χ4v) is 1.21. The van der Waals surface area contributed by atoms with Crippen molar-refractivity contribution >= 4 is 12.4 Å². The Balaban J connectivity index is 0.000000845. The summed E-state index contributed by atoms with van der Waals surface area (Å²) in [7, 11) is 0. The third-order valence-corrected chi connectivity index (χ3v) is 2.21. The van der Waals surface area contributed by atoms with Crippen molar-refractivity contribution in [3.05, 3.63) is 11.7 Å². The van der Waals surface area contributed by atoms with E-state index in [9.17, 15) is 0 Å². The zero-order chi connectivity index (χ0) is 8.55. The highest BCUT2D eigenvalue weighted by Gasteiger charge is 2.32. The molecular weight excluding hydrogens is 190 g/mol. The van der Waals surface area contributed by atoms with E-state index in [-0.39, 0.29) is 18.4 Å². The Morgan fingerprint density at radius 3 is 2.77 bits per heavy atom. The molecule has 1 aromatic heterocycles. The first kappa shape index (κ1) is 10.5. The van der Waals surface area contributed by atoms with Crippen molar-refractivity contribution in [1.29, 1.82) is 0 Å². The Morgan fingerprint density at radius 2 is 2.31 bits per heavy atom. The first-order valence-corrected chi connectivity index (χ1v) is 4.39. The summed E-state index contributed by atoms with van der Waals surface area (Å²) in [6.45, 7) is 1.99. The van der Waals surface area contributed by atoms with Crippen LogP contribution in [0.3, 0.4) is 0 Å². The van der Waals surface area contributed by atoms with Crippen molar-refractivity contribution in [3.8, 4) is 0 Å². The largest absolute Gasteiger partial charge is 0.339 e. The van der Waals surface area contributed by atoms with Crippen LogP contribution in [0.1, 0.15) is 37.5 Å². The van der Waals surface area contributed by atoms with Gasteiger partial charge in [-0.25, -0.2) is 0 Å². The van der Waals surface area contributed by atoms with Gasteiger partial charge < -0.3 is 10.3 Å². The predicted molar refractivity (Wildman–Crippen MR) is 50.6 cm³/mol. The molecule has 1 atom stereocenters. The highest BCUT2D eigenvalue weighted by atomic mass is 35.5. The summed E-state index contributed by atoms with van der Waals surface area (Å²) in [5, 5.41) is 3.84. The summed E-state index contributed by atoms with van der Waals surface area (Å²) in [6.07, 6.45) is 3.19. The van der Waals surface area contributed by atoms with Gasteiger partial charge in [0.25, 0.3) is 0 Å². The maximum absolute atomic E-state index is 5.88. The molecule has 74 valence electrons. The summed E-state index contributed by atoms with van der Waals surface area (Å²) in [6, 6.07) is -0.00551. The molecule has 1 saturated carbocycles. The minimum atomic E-state index is -0.00551. The van der Waals surface area contributed by atoms with Crippen molar-refractivity contribution in [2.45, 2.75) is 32.2 Å². The lowest BCUT2D eigenvalue weighted by atomic mass is 10.2. The lowest BCUT2D eigenvalue weighted by Gasteiger charge is -2.01. The standard InChI is InChI=1S/C8H13N3O.ClH/c1-2-6-10-8(11-12-6)7(9)5-3-4-5;/h5,7H,2-4,9H2,1H3;1H. The van der Waals surface area contributed by atoms with Crippen LogP contribution >= 0.6 is 12.4 Å². The SMILES string of the molecule is CCc1nc(C(N)C2CC2)no1.Cl. The van der Waals surface area contributed by atoms with Crippen molar-refractivity contribution < 1.29 is 4.52 Å². The molecule has 1 heterocycles. The molecule has 2 rings (SSSR count). The molecule has 0 aromatic carbocycles. The number of aryl methyl sites for hydroxylation is 1. The van der Waals surface area contributed by atoms with Crippen LogP contribution in [-0.4, -0.2) is 10.1 Å². The molecule has 5 heteroatoms. The average Bonchev–Trinajstić information content (AvgIpc) is 2.82. The van der Waals surface area contributed by atoms with Gasteiger partial charge in [-0.15, -0.1) is 12.4 Å². The van der Waals surface area contributed by atoms with Gasteiger partial charge in [0.05, 0.1) is 6.04 Å². The van der Waals surface area contributed by atoms with Gasteiger partial charge in [-0.05, 0) is 18.8 Å². The van der Waals surface area contributed by atoms with E-state index in [0.717, 1.165) is 6.42 Å². The number of halogens is 1. The second-order valence-corrected chi connectivity index (χ2v) is 3.26. The predicted octanol–water partition coefficient (Wildman–Crippen LogP) is 1.46. The highest BCUT2D eigenvalue weighted by Crippen LogP contribution is 2.38. The fourth-order valence-electron chi connectivity index (χ4n) is 1.21. The first-order chi connectivity index (χ1) is 5.81. The maximum Gasteiger partial charge on any atom is 0.226 e. The highest BCUT2D eigenvalue weighted by molar-refractivity contribution is 5.85.